The number of sulfonamides is 1. The van der Waals surface area contributed by atoms with E-state index in [4.69, 9.17) is 5.11 Å². The van der Waals surface area contributed by atoms with E-state index in [1.165, 1.54) is 23.9 Å². The number of aromatic carboxylic acids is 1. The van der Waals surface area contributed by atoms with Crippen molar-refractivity contribution in [3.05, 3.63) is 18.0 Å². The first-order chi connectivity index (χ1) is 9.81. The number of nitrogens with one attached hydrogen (secondary N) is 1. The summed E-state index contributed by atoms with van der Waals surface area (Å²) < 4.78 is 28.3. The zero-order chi connectivity index (χ0) is 16.0. The largest absolute Gasteiger partial charge is 0.477 e. The molecule has 0 spiro atoms. The SMILES string of the molecule is CCCCC(CC)CNS(=O)(=O)c1cc(C(=O)O)n(C)c1. The van der Waals surface area contributed by atoms with Gasteiger partial charge in [0.1, 0.15) is 10.6 Å². The highest BCUT2D eigenvalue weighted by molar-refractivity contribution is 7.89. The maximum absolute atomic E-state index is 12.2. The van der Waals surface area contributed by atoms with Gasteiger partial charge in [-0.3, -0.25) is 0 Å². The Morgan fingerprint density at radius 2 is 2.10 bits per heavy atom. The number of carboxylic acid groups (broad SMARTS) is 1. The molecule has 1 atom stereocenters. The topological polar surface area (TPSA) is 88.4 Å². The van der Waals surface area contributed by atoms with Crippen LogP contribution in [-0.4, -0.2) is 30.6 Å². The Kier molecular flexibility index (Phi) is 6.42. The summed E-state index contributed by atoms with van der Waals surface area (Å²) in [5.74, 6) is -0.837. The van der Waals surface area contributed by atoms with Crippen molar-refractivity contribution in [2.75, 3.05) is 6.54 Å². The smallest absolute Gasteiger partial charge is 0.352 e. The number of hydrogen-bond acceptors (Lipinski definition) is 3. The lowest BCUT2D eigenvalue weighted by molar-refractivity contribution is 0.0686. The minimum Gasteiger partial charge on any atom is -0.477 e. The van der Waals surface area contributed by atoms with Gasteiger partial charge in [-0.1, -0.05) is 33.1 Å². The Bertz CT molecular complexity index is 578. The summed E-state index contributed by atoms with van der Waals surface area (Å²) in [5, 5.41) is 8.96. The predicted octanol–water partition coefficient (Wildman–Crippen LogP) is 2.22. The van der Waals surface area contributed by atoms with Crippen molar-refractivity contribution in [3.63, 3.8) is 0 Å². The number of aryl methyl sites for hydroxylation is 1. The average molecular weight is 316 g/mol. The minimum atomic E-state index is -3.66. The van der Waals surface area contributed by atoms with Crippen molar-refractivity contribution < 1.29 is 18.3 Å². The summed E-state index contributed by atoms with van der Waals surface area (Å²) in [4.78, 5) is 10.9. The Morgan fingerprint density at radius 1 is 1.43 bits per heavy atom. The fraction of sp³-hybridized carbons (Fsp3) is 0.643. The molecule has 0 aliphatic heterocycles. The Labute approximate surface area is 126 Å². The van der Waals surface area contributed by atoms with Crippen LogP contribution in [-0.2, 0) is 17.1 Å². The van der Waals surface area contributed by atoms with Gasteiger partial charge in [-0.15, -0.1) is 0 Å². The van der Waals surface area contributed by atoms with Gasteiger partial charge in [0.25, 0.3) is 0 Å². The molecule has 0 aliphatic rings. The first-order valence-electron chi connectivity index (χ1n) is 7.21. The maximum atomic E-state index is 12.2. The van der Waals surface area contributed by atoms with Crippen LogP contribution in [0.25, 0.3) is 0 Å². The molecule has 120 valence electrons. The van der Waals surface area contributed by atoms with Gasteiger partial charge in [-0.2, -0.15) is 0 Å². The van der Waals surface area contributed by atoms with Crippen LogP contribution in [0.2, 0.25) is 0 Å². The normalized spacial score (nSPS) is 13.3. The van der Waals surface area contributed by atoms with E-state index in [0.717, 1.165) is 25.7 Å². The summed E-state index contributed by atoms with van der Waals surface area (Å²) in [6, 6.07) is 1.18. The lowest BCUT2D eigenvalue weighted by Crippen LogP contribution is -2.29. The zero-order valence-corrected chi connectivity index (χ0v) is 13.6. The average Bonchev–Trinajstić information content (AvgIpc) is 2.82. The number of nitrogens with zero attached hydrogens (tertiary/aromatic N) is 1. The summed E-state index contributed by atoms with van der Waals surface area (Å²) in [7, 11) is -2.15. The van der Waals surface area contributed by atoms with Crippen LogP contribution in [0.1, 0.15) is 50.0 Å². The van der Waals surface area contributed by atoms with Gasteiger partial charge in [-0.05, 0) is 18.4 Å². The zero-order valence-electron chi connectivity index (χ0n) is 12.8. The molecule has 1 aromatic rings. The second kappa shape index (κ2) is 7.61. The quantitative estimate of drug-likeness (QED) is 0.731. The number of unbranched alkanes of at least 4 members (excludes halogenated alkanes) is 1. The lowest BCUT2D eigenvalue weighted by atomic mass is 10.00. The third kappa shape index (κ3) is 4.86. The molecule has 1 unspecified atom stereocenters. The van der Waals surface area contributed by atoms with Crippen LogP contribution in [0.4, 0.5) is 0 Å². The third-order valence-electron chi connectivity index (χ3n) is 3.61. The van der Waals surface area contributed by atoms with E-state index in [1.807, 2.05) is 6.92 Å². The fourth-order valence-corrected chi connectivity index (χ4v) is 3.33. The van der Waals surface area contributed by atoms with Gasteiger partial charge in [0, 0.05) is 19.8 Å². The highest BCUT2D eigenvalue weighted by Crippen LogP contribution is 2.16. The molecule has 0 aliphatic carbocycles. The molecular weight excluding hydrogens is 292 g/mol. The first kappa shape index (κ1) is 17.7. The van der Waals surface area contributed by atoms with E-state index in [-0.39, 0.29) is 10.6 Å². The van der Waals surface area contributed by atoms with Crippen molar-refractivity contribution in [2.24, 2.45) is 13.0 Å². The molecule has 1 rings (SSSR count). The van der Waals surface area contributed by atoms with Crippen LogP contribution in [0.3, 0.4) is 0 Å². The van der Waals surface area contributed by atoms with Gasteiger partial charge in [0.05, 0.1) is 0 Å². The van der Waals surface area contributed by atoms with Crippen molar-refractivity contribution in [3.8, 4) is 0 Å². The van der Waals surface area contributed by atoms with Crippen molar-refractivity contribution in [2.45, 2.75) is 44.4 Å². The van der Waals surface area contributed by atoms with Gasteiger partial charge in [0.15, 0.2) is 0 Å². The van der Waals surface area contributed by atoms with Crippen molar-refractivity contribution >= 4 is 16.0 Å². The Morgan fingerprint density at radius 3 is 2.57 bits per heavy atom. The monoisotopic (exact) mass is 316 g/mol. The van der Waals surface area contributed by atoms with Crippen LogP contribution in [0, 0.1) is 5.92 Å². The summed E-state index contributed by atoms with van der Waals surface area (Å²) >= 11 is 0. The second-order valence-electron chi connectivity index (χ2n) is 5.25. The lowest BCUT2D eigenvalue weighted by Gasteiger charge is -2.14. The van der Waals surface area contributed by atoms with Crippen LogP contribution in [0.15, 0.2) is 17.2 Å². The van der Waals surface area contributed by atoms with Crippen molar-refractivity contribution in [1.29, 1.82) is 0 Å². The van der Waals surface area contributed by atoms with Gasteiger partial charge >= 0.3 is 5.97 Å². The highest BCUT2D eigenvalue weighted by atomic mass is 32.2. The number of rotatable bonds is 9. The molecular formula is C14H24N2O4S. The molecule has 0 fully saturated rings. The highest BCUT2D eigenvalue weighted by Gasteiger charge is 2.21. The van der Waals surface area contributed by atoms with E-state index < -0.39 is 16.0 Å². The molecule has 0 bridgehead atoms. The molecule has 0 amide bonds. The summed E-state index contributed by atoms with van der Waals surface area (Å²) in [6.45, 7) is 4.53. The predicted molar refractivity (Wildman–Crippen MR) is 80.9 cm³/mol. The van der Waals surface area contributed by atoms with E-state index in [9.17, 15) is 13.2 Å². The molecule has 1 aromatic heterocycles. The van der Waals surface area contributed by atoms with Crippen molar-refractivity contribution in [1.82, 2.24) is 9.29 Å². The number of carboxylic acids is 1. The molecule has 0 radical (unpaired) electrons. The third-order valence-corrected chi connectivity index (χ3v) is 5.01. The van der Waals surface area contributed by atoms with Gasteiger partial charge < -0.3 is 9.67 Å². The summed E-state index contributed by atoms with van der Waals surface area (Å²) in [5.41, 5.74) is -0.0478. The standard InChI is InChI=1S/C14H24N2O4S/c1-4-6-7-11(5-2)9-15-21(19,20)12-8-13(14(17)18)16(3)10-12/h8,10-11,15H,4-7,9H2,1-3H3,(H,17,18). The van der Waals surface area contributed by atoms with Gasteiger partial charge in [-0.25, -0.2) is 17.9 Å². The van der Waals surface area contributed by atoms with Gasteiger partial charge in [0.2, 0.25) is 10.0 Å². The number of carbonyl (C=O) groups is 1. The molecule has 7 heteroatoms. The Balaban J connectivity index is 2.77. The van der Waals surface area contributed by atoms with Crippen LogP contribution >= 0.6 is 0 Å². The van der Waals surface area contributed by atoms with E-state index in [0.29, 0.717) is 12.5 Å². The van der Waals surface area contributed by atoms with E-state index in [1.54, 1.807) is 0 Å². The molecule has 0 aromatic carbocycles. The molecule has 0 saturated carbocycles. The number of aromatic nitrogens is 1. The first-order valence-corrected chi connectivity index (χ1v) is 8.69. The van der Waals surface area contributed by atoms with Crippen LogP contribution in [0.5, 0.6) is 0 Å². The maximum Gasteiger partial charge on any atom is 0.352 e. The van der Waals surface area contributed by atoms with E-state index in [2.05, 4.69) is 11.6 Å². The minimum absolute atomic E-state index is 0.00672. The molecule has 0 saturated heterocycles. The second-order valence-corrected chi connectivity index (χ2v) is 7.01. The molecule has 6 nitrogen and oxygen atoms in total. The molecule has 2 N–H and O–H groups in total. The van der Waals surface area contributed by atoms with E-state index >= 15 is 0 Å². The fourth-order valence-electron chi connectivity index (χ4n) is 2.15. The molecule has 21 heavy (non-hydrogen) atoms. The Hall–Kier alpha value is -1.34. The summed E-state index contributed by atoms with van der Waals surface area (Å²) in [6.07, 6.45) is 5.39. The molecule has 1 heterocycles. The van der Waals surface area contributed by atoms with Crippen LogP contribution < -0.4 is 4.72 Å². The number of hydrogen-bond donors (Lipinski definition) is 2.